The summed E-state index contributed by atoms with van der Waals surface area (Å²) in [6.45, 7) is 2.00. The van der Waals surface area contributed by atoms with Crippen molar-refractivity contribution in [2.75, 3.05) is 44.7 Å². The molecule has 0 bridgehead atoms. The van der Waals surface area contributed by atoms with E-state index in [1.165, 1.54) is 13.3 Å². The Bertz CT molecular complexity index is 2190. The van der Waals surface area contributed by atoms with E-state index in [0.29, 0.717) is 34.8 Å². The molecule has 5 aromatic rings. The van der Waals surface area contributed by atoms with Crippen molar-refractivity contribution in [2.45, 2.75) is 31.9 Å². The summed E-state index contributed by atoms with van der Waals surface area (Å²) in [5.41, 5.74) is 0.544. The van der Waals surface area contributed by atoms with E-state index < -0.39 is 63.5 Å². The number of fused-ring (bicyclic) bond motifs is 1. The van der Waals surface area contributed by atoms with Crippen LogP contribution in [0.25, 0.3) is 22.2 Å². The van der Waals surface area contributed by atoms with E-state index in [1.54, 1.807) is 49.5 Å². The molecule has 0 spiro atoms. The third kappa shape index (κ3) is 7.95. The number of rotatable bonds is 15. The highest BCUT2D eigenvalue weighted by atomic mass is 32.2. The highest BCUT2D eigenvalue weighted by molar-refractivity contribution is 7.90. The van der Waals surface area contributed by atoms with E-state index in [1.807, 2.05) is 4.72 Å². The van der Waals surface area contributed by atoms with Crippen molar-refractivity contribution in [2.24, 2.45) is 0 Å². The molecule has 0 amide bonds. The molecule has 1 aliphatic heterocycles. The molecule has 0 radical (unpaired) electrons. The molecular formula is C35H34F3N5O8S. The summed E-state index contributed by atoms with van der Waals surface area (Å²) >= 11 is 0. The van der Waals surface area contributed by atoms with Crippen LogP contribution in [-0.4, -0.2) is 85.8 Å². The standard InChI is InChI=1S/C35H34F3N5O8S/c1-20-15-30(51-41-20)25(35(45)48-2)10-12-49-13-14-50-24-5-3-21(4-6-24)22-16-26-27(18-40-34(26)39-17-22)33(44)31-28(37)7-8-29(32(31)38)42-52(46,47)43-11-9-23(36)19-43/h3-8,15-18,23,25,42H,9-14,19H2,1-2H3,(H,39,40)/t23-,25?/m1/s1. The van der Waals surface area contributed by atoms with Gasteiger partial charge in [0, 0.05) is 54.7 Å². The van der Waals surface area contributed by atoms with Gasteiger partial charge in [-0.1, -0.05) is 17.3 Å². The van der Waals surface area contributed by atoms with Crippen molar-refractivity contribution in [3.8, 4) is 16.9 Å². The van der Waals surface area contributed by atoms with Gasteiger partial charge in [-0.3, -0.25) is 14.3 Å². The molecule has 17 heteroatoms. The number of esters is 1. The van der Waals surface area contributed by atoms with E-state index in [4.69, 9.17) is 18.7 Å². The van der Waals surface area contributed by atoms with Crippen LogP contribution in [0.1, 0.15) is 46.1 Å². The molecule has 2 N–H and O–H groups in total. The second kappa shape index (κ2) is 15.5. The number of carbonyl (C=O) groups excluding carboxylic acids is 2. The number of alkyl halides is 1. The van der Waals surface area contributed by atoms with Gasteiger partial charge in [-0.15, -0.1) is 0 Å². The Hall–Kier alpha value is -5.26. The molecular weight excluding hydrogens is 707 g/mol. The smallest absolute Gasteiger partial charge is 0.316 e. The van der Waals surface area contributed by atoms with Crippen molar-refractivity contribution < 1.29 is 49.9 Å². The Kier molecular flexibility index (Phi) is 10.9. The van der Waals surface area contributed by atoms with Gasteiger partial charge in [-0.25, -0.2) is 18.2 Å². The summed E-state index contributed by atoms with van der Waals surface area (Å²) in [5.74, 6) is -3.75. The number of carbonyl (C=O) groups is 2. The van der Waals surface area contributed by atoms with Crippen molar-refractivity contribution >= 4 is 38.7 Å². The average Bonchev–Trinajstić information content (AvgIpc) is 3.89. The van der Waals surface area contributed by atoms with Crippen molar-refractivity contribution in [1.82, 2.24) is 19.4 Å². The first-order chi connectivity index (χ1) is 24.9. The number of methoxy groups -OCH3 is 1. The van der Waals surface area contributed by atoms with Crippen LogP contribution in [0.2, 0.25) is 0 Å². The van der Waals surface area contributed by atoms with Gasteiger partial charge < -0.3 is 23.7 Å². The summed E-state index contributed by atoms with van der Waals surface area (Å²) in [5, 5.41) is 4.10. The van der Waals surface area contributed by atoms with Crippen molar-refractivity contribution in [3.05, 3.63) is 95.1 Å². The number of H-pyrrole nitrogens is 1. The highest BCUT2D eigenvalue weighted by Gasteiger charge is 2.33. The molecule has 4 heterocycles. The normalized spacial score (nSPS) is 15.5. The number of aromatic amines is 1. The molecule has 1 saturated heterocycles. The minimum absolute atomic E-state index is 0.00428. The van der Waals surface area contributed by atoms with E-state index in [0.717, 1.165) is 16.4 Å². The zero-order valence-electron chi connectivity index (χ0n) is 28.0. The van der Waals surface area contributed by atoms with E-state index >= 15 is 4.39 Å². The summed E-state index contributed by atoms with van der Waals surface area (Å²) in [4.78, 5) is 32.9. The monoisotopic (exact) mass is 741 g/mol. The number of aryl methyl sites for hydroxylation is 1. The maximum atomic E-state index is 15.6. The quantitative estimate of drug-likeness (QED) is 0.0798. The fourth-order valence-corrected chi connectivity index (χ4v) is 7.03. The minimum Gasteiger partial charge on any atom is -0.491 e. The van der Waals surface area contributed by atoms with Gasteiger partial charge >= 0.3 is 16.2 Å². The highest BCUT2D eigenvalue weighted by Crippen LogP contribution is 2.31. The molecule has 2 atom stereocenters. The van der Waals surface area contributed by atoms with E-state index in [9.17, 15) is 26.8 Å². The van der Waals surface area contributed by atoms with Crippen LogP contribution in [0.4, 0.5) is 18.9 Å². The molecule has 2 aromatic carbocycles. The zero-order chi connectivity index (χ0) is 37.0. The number of ether oxygens (including phenoxy) is 3. The lowest BCUT2D eigenvalue weighted by atomic mass is 10.00. The number of nitrogens with zero attached hydrogens (tertiary/aromatic N) is 3. The maximum absolute atomic E-state index is 15.6. The van der Waals surface area contributed by atoms with Crippen LogP contribution in [0.3, 0.4) is 0 Å². The van der Waals surface area contributed by atoms with Gasteiger partial charge in [0.1, 0.15) is 35.9 Å². The molecule has 13 nitrogen and oxygen atoms in total. The summed E-state index contributed by atoms with van der Waals surface area (Å²) in [6.07, 6.45) is 1.81. The Morgan fingerprint density at radius 3 is 2.58 bits per heavy atom. The molecule has 1 fully saturated rings. The average molecular weight is 742 g/mol. The van der Waals surface area contributed by atoms with Gasteiger partial charge in [0.25, 0.3) is 0 Å². The van der Waals surface area contributed by atoms with Gasteiger partial charge in [-0.2, -0.15) is 12.7 Å². The fraction of sp³-hybridized carbons (Fsp3) is 0.314. The van der Waals surface area contributed by atoms with Crippen molar-refractivity contribution in [1.29, 1.82) is 0 Å². The number of pyridine rings is 1. The number of ketones is 1. The molecule has 3 aromatic heterocycles. The first kappa shape index (κ1) is 36.5. The lowest BCUT2D eigenvalue weighted by molar-refractivity contribution is -0.143. The van der Waals surface area contributed by atoms with Gasteiger partial charge in [0.15, 0.2) is 11.6 Å². The Morgan fingerprint density at radius 2 is 1.88 bits per heavy atom. The number of aromatic nitrogens is 3. The van der Waals surface area contributed by atoms with Gasteiger partial charge in [0.05, 0.1) is 30.7 Å². The third-order valence-corrected chi connectivity index (χ3v) is 9.97. The van der Waals surface area contributed by atoms with Crippen LogP contribution in [0, 0.1) is 18.6 Å². The minimum atomic E-state index is -4.36. The molecule has 1 unspecified atom stereocenters. The number of hydrogen-bond donors (Lipinski definition) is 2. The predicted molar refractivity (Wildman–Crippen MR) is 182 cm³/mol. The van der Waals surface area contributed by atoms with Crippen LogP contribution < -0.4 is 9.46 Å². The van der Waals surface area contributed by atoms with E-state index in [-0.39, 0.29) is 49.4 Å². The summed E-state index contributed by atoms with van der Waals surface area (Å²) < 4.78 is 93.9. The Morgan fingerprint density at radius 1 is 1.10 bits per heavy atom. The predicted octanol–water partition coefficient (Wildman–Crippen LogP) is 5.48. The molecule has 6 rings (SSSR count). The molecule has 1 aliphatic rings. The molecule has 274 valence electrons. The van der Waals surface area contributed by atoms with Gasteiger partial charge in [0.2, 0.25) is 5.78 Å². The number of benzene rings is 2. The molecule has 52 heavy (non-hydrogen) atoms. The topological polar surface area (TPSA) is 166 Å². The Balaban J connectivity index is 1.09. The number of halogens is 3. The van der Waals surface area contributed by atoms with Crippen LogP contribution >= 0.6 is 0 Å². The Labute approximate surface area is 296 Å². The van der Waals surface area contributed by atoms with Gasteiger partial charge in [-0.05, 0) is 55.7 Å². The summed E-state index contributed by atoms with van der Waals surface area (Å²) in [7, 11) is -3.05. The van der Waals surface area contributed by atoms with Crippen LogP contribution in [-0.2, 0) is 24.5 Å². The SMILES string of the molecule is COC(=O)C(CCOCCOc1ccc(-c2cnc3[nH]cc(C(=O)c4c(F)ccc(NS(=O)(=O)N5CC[C@@H](F)C5)c4F)c3c2)cc1)c1cc(C)no1. The molecule has 0 aliphatic carbocycles. The lowest BCUT2D eigenvalue weighted by Crippen LogP contribution is -2.34. The summed E-state index contributed by atoms with van der Waals surface area (Å²) in [6, 6.07) is 12.0. The lowest BCUT2D eigenvalue weighted by Gasteiger charge is -2.18. The number of nitrogens with one attached hydrogen (secondary N) is 2. The largest absolute Gasteiger partial charge is 0.491 e. The first-order valence-electron chi connectivity index (χ1n) is 16.2. The zero-order valence-corrected chi connectivity index (χ0v) is 28.8. The van der Waals surface area contributed by atoms with Crippen molar-refractivity contribution in [3.63, 3.8) is 0 Å². The third-order valence-electron chi connectivity index (χ3n) is 8.48. The van der Waals surface area contributed by atoms with E-state index in [2.05, 4.69) is 15.1 Å². The number of anilines is 1. The fourth-order valence-electron chi connectivity index (χ4n) is 5.76. The second-order valence-corrected chi connectivity index (χ2v) is 13.7. The van der Waals surface area contributed by atoms with Crippen LogP contribution in [0.5, 0.6) is 5.75 Å². The maximum Gasteiger partial charge on any atom is 0.316 e. The first-order valence-corrected chi connectivity index (χ1v) is 17.6. The van der Waals surface area contributed by atoms with Crippen LogP contribution in [0.15, 0.2) is 65.4 Å². The molecule has 0 saturated carbocycles. The number of hydrogen-bond acceptors (Lipinski definition) is 10. The second-order valence-electron chi connectivity index (χ2n) is 12.0.